The fourth-order valence-electron chi connectivity index (χ4n) is 3.70. The Kier molecular flexibility index (Phi) is 3.64. The molecule has 1 N–H and O–H groups in total. The zero-order chi connectivity index (χ0) is 13.4. The van der Waals surface area contributed by atoms with Gasteiger partial charge in [0.15, 0.2) is 0 Å². The minimum absolute atomic E-state index is 0.157. The Labute approximate surface area is 108 Å². The van der Waals surface area contributed by atoms with E-state index in [0.29, 0.717) is 12.5 Å². The van der Waals surface area contributed by atoms with Crippen LogP contribution in [-0.2, 0) is 14.3 Å². The molecule has 0 aliphatic heterocycles. The van der Waals surface area contributed by atoms with Crippen LogP contribution in [0.15, 0.2) is 0 Å². The number of carboxylic acids is 1. The molecule has 0 aromatic carbocycles. The fraction of sp³-hybridized carbons (Fsp3) is 0.857. The first-order valence-corrected chi connectivity index (χ1v) is 6.81. The van der Waals surface area contributed by atoms with Crippen molar-refractivity contribution in [3.8, 4) is 0 Å². The summed E-state index contributed by atoms with van der Waals surface area (Å²) in [7, 11) is 0. The highest BCUT2D eigenvalue weighted by atomic mass is 16.5. The minimum Gasteiger partial charge on any atom is -0.481 e. The van der Waals surface area contributed by atoms with E-state index >= 15 is 0 Å². The van der Waals surface area contributed by atoms with E-state index in [1.54, 1.807) is 0 Å². The predicted octanol–water partition coefficient (Wildman–Crippen LogP) is 2.18. The van der Waals surface area contributed by atoms with Gasteiger partial charge in [0, 0.05) is 0 Å². The molecule has 5 atom stereocenters. The molecule has 4 heteroatoms. The van der Waals surface area contributed by atoms with E-state index in [-0.39, 0.29) is 23.7 Å². The number of aliphatic carboxylic acids is 1. The number of carbonyl (C=O) groups excluding carboxylic acids is 1. The second kappa shape index (κ2) is 4.90. The van der Waals surface area contributed by atoms with Gasteiger partial charge in [-0.15, -0.1) is 0 Å². The lowest BCUT2D eigenvalue weighted by molar-refractivity contribution is -0.161. The summed E-state index contributed by atoms with van der Waals surface area (Å²) in [4.78, 5) is 23.5. The van der Waals surface area contributed by atoms with E-state index in [1.807, 2.05) is 13.8 Å². The lowest BCUT2D eigenvalue weighted by Gasteiger charge is -2.30. The van der Waals surface area contributed by atoms with Crippen LogP contribution >= 0.6 is 0 Å². The van der Waals surface area contributed by atoms with Crippen LogP contribution in [0.25, 0.3) is 0 Å². The molecule has 2 bridgehead atoms. The molecule has 0 aromatic heterocycles. The molecule has 2 rings (SSSR count). The van der Waals surface area contributed by atoms with E-state index in [2.05, 4.69) is 6.92 Å². The Balaban J connectivity index is 2.07. The number of esters is 1. The zero-order valence-electron chi connectivity index (χ0n) is 11.3. The second-order valence-electron chi connectivity index (χ2n) is 6.29. The first kappa shape index (κ1) is 13.4. The fourth-order valence-corrected chi connectivity index (χ4v) is 3.70. The molecule has 0 amide bonds. The monoisotopic (exact) mass is 254 g/mol. The van der Waals surface area contributed by atoms with Crippen LogP contribution in [-0.4, -0.2) is 23.7 Å². The summed E-state index contributed by atoms with van der Waals surface area (Å²) >= 11 is 0. The summed E-state index contributed by atoms with van der Waals surface area (Å²) in [5, 5.41) is 9.34. The van der Waals surface area contributed by atoms with Crippen molar-refractivity contribution < 1.29 is 19.4 Å². The van der Waals surface area contributed by atoms with Crippen LogP contribution in [0.5, 0.6) is 0 Å². The molecule has 2 aliphatic carbocycles. The maximum Gasteiger partial charge on any atom is 0.310 e. The molecular formula is C14H22O4. The normalized spacial score (nSPS) is 38.1. The summed E-state index contributed by atoms with van der Waals surface area (Å²) in [5.41, 5.74) is 0. The highest BCUT2D eigenvalue weighted by Crippen LogP contribution is 2.55. The number of rotatable bonds is 4. The van der Waals surface area contributed by atoms with E-state index < -0.39 is 17.8 Å². The van der Waals surface area contributed by atoms with Crippen LogP contribution in [0.3, 0.4) is 0 Å². The first-order valence-electron chi connectivity index (χ1n) is 6.81. The zero-order valence-corrected chi connectivity index (χ0v) is 11.3. The molecular weight excluding hydrogens is 232 g/mol. The van der Waals surface area contributed by atoms with Crippen molar-refractivity contribution in [1.29, 1.82) is 0 Å². The van der Waals surface area contributed by atoms with Crippen molar-refractivity contribution in [2.24, 2.45) is 35.5 Å². The van der Waals surface area contributed by atoms with Gasteiger partial charge in [0.2, 0.25) is 0 Å². The average Bonchev–Trinajstić information content (AvgIpc) is 2.81. The predicted molar refractivity (Wildman–Crippen MR) is 65.8 cm³/mol. The van der Waals surface area contributed by atoms with Crippen molar-refractivity contribution in [2.75, 3.05) is 6.61 Å². The van der Waals surface area contributed by atoms with Crippen LogP contribution in [0.2, 0.25) is 0 Å². The van der Waals surface area contributed by atoms with Crippen LogP contribution in [0, 0.1) is 35.5 Å². The van der Waals surface area contributed by atoms with Gasteiger partial charge in [-0.05, 0) is 36.5 Å². The third-order valence-corrected chi connectivity index (χ3v) is 4.45. The van der Waals surface area contributed by atoms with Gasteiger partial charge >= 0.3 is 11.9 Å². The Morgan fingerprint density at radius 1 is 1.28 bits per heavy atom. The number of hydrogen-bond acceptors (Lipinski definition) is 3. The highest BCUT2D eigenvalue weighted by molar-refractivity contribution is 5.82. The van der Waals surface area contributed by atoms with E-state index in [0.717, 1.165) is 12.8 Å². The summed E-state index contributed by atoms with van der Waals surface area (Å²) in [5.74, 6) is -0.994. The highest BCUT2D eigenvalue weighted by Gasteiger charge is 2.57. The topological polar surface area (TPSA) is 63.6 Å². The molecule has 4 nitrogen and oxygen atoms in total. The van der Waals surface area contributed by atoms with Gasteiger partial charge in [0.1, 0.15) is 0 Å². The molecule has 0 saturated heterocycles. The Morgan fingerprint density at radius 3 is 2.50 bits per heavy atom. The molecule has 0 spiro atoms. The number of hydrogen-bond donors (Lipinski definition) is 1. The van der Waals surface area contributed by atoms with Gasteiger partial charge < -0.3 is 9.84 Å². The molecule has 0 aromatic rings. The van der Waals surface area contributed by atoms with Crippen LogP contribution < -0.4 is 0 Å². The third kappa shape index (κ3) is 2.25. The summed E-state index contributed by atoms with van der Waals surface area (Å²) in [6, 6.07) is 0. The van der Waals surface area contributed by atoms with Gasteiger partial charge in [-0.3, -0.25) is 9.59 Å². The lowest BCUT2D eigenvalue weighted by atomic mass is 9.74. The Bertz CT molecular complexity index is 350. The van der Waals surface area contributed by atoms with Crippen LogP contribution in [0.4, 0.5) is 0 Å². The number of carboxylic acid groups (broad SMARTS) is 1. The lowest BCUT2D eigenvalue weighted by Crippen LogP contribution is -2.38. The average molecular weight is 254 g/mol. The van der Waals surface area contributed by atoms with E-state index in [1.165, 1.54) is 0 Å². The Hall–Kier alpha value is -1.06. The molecule has 0 heterocycles. The van der Waals surface area contributed by atoms with E-state index in [9.17, 15) is 14.7 Å². The van der Waals surface area contributed by atoms with Crippen molar-refractivity contribution in [3.05, 3.63) is 0 Å². The summed E-state index contributed by atoms with van der Waals surface area (Å²) < 4.78 is 5.25. The number of carbonyl (C=O) groups is 2. The SMILES string of the molecule is CC(C)COC(=O)C1C2CC(C)C(C2)C1C(=O)O. The van der Waals surface area contributed by atoms with Gasteiger partial charge in [-0.25, -0.2) is 0 Å². The molecule has 2 saturated carbocycles. The number of fused-ring (bicyclic) bond motifs is 2. The summed E-state index contributed by atoms with van der Waals surface area (Å²) in [6.07, 6.45) is 1.84. The van der Waals surface area contributed by atoms with Crippen molar-refractivity contribution in [3.63, 3.8) is 0 Å². The molecule has 102 valence electrons. The first-order chi connectivity index (χ1) is 8.41. The molecule has 0 radical (unpaired) electrons. The molecule has 5 unspecified atom stereocenters. The standard InChI is InChI=1S/C14H22O4/c1-7(2)6-18-14(17)11-9-4-8(3)10(5-9)12(11)13(15)16/h7-12H,4-6H2,1-3H3,(H,15,16). The molecule has 18 heavy (non-hydrogen) atoms. The van der Waals surface area contributed by atoms with Crippen molar-refractivity contribution in [1.82, 2.24) is 0 Å². The van der Waals surface area contributed by atoms with Crippen LogP contribution in [0.1, 0.15) is 33.6 Å². The summed E-state index contributed by atoms with van der Waals surface area (Å²) in [6.45, 7) is 6.43. The van der Waals surface area contributed by atoms with E-state index in [4.69, 9.17) is 4.74 Å². The largest absolute Gasteiger partial charge is 0.481 e. The molecule has 2 fully saturated rings. The maximum absolute atomic E-state index is 12.1. The third-order valence-electron chi connectivity index (χ3n) is 4.45. The quantitative estimate of drug-likeness (QED) is 0.781. The minimum atomic E-state index is -0.833. The van der Waals surface area contributed by atoms with Crippen molar-refractivity contribution >= 4 is 11.9 Å². The van der Waals surface area contributed by atoms with Gasteiger partial charge in [-0.1, -0.05) is 20.8 Å². The van der Waals surface area contributed by atoms with Gasteiger partial charge in [0.05, 0.1) is 18.4 Å². The second-order valence-corrected chi connectivity index (χ2v) is 6.29. The Morgan fingerprint density at radius 2 is 1.94 bits per heavy atom. The van der Waals surface area contributed by atoms with Gasteiger partial charge in [0.25, 0.3) is 0 Å². The number of ether oxygens (including phenoxy) is 1. The van der Waals surface area contributed by atoms with Gasteiger partial charge in [-0.2, -0.15) is 0 Å². The smallest absolute Gasteiger partial charge is 0.310 e. The molecule has 2 aliphatic rings. The van der Waals surface area contributed by atoms with Crippen molar-refractivity contribution in [2.45, 2.75) is 33.6 Å². The maximum atomic E-state index is 12.1.